The van der Waals surface area contributed by atoms with Crippen LogP contribution in [-0.4, -0.2) is 26.8 Å². The summed E-state index contributed by atoms with van der Waals surface area (Å²) in [5.74, 6) is 0.726. The van der Waals surface area contributed by atoms with E-state index in [1.54, 1.807) is 36.5 Å². The highest BCUT2D eigenvalue weighted by Gasteiger charge is 2.12. The first-order valence-electron chi connectivity index (χ1n) is 10.8. The number of H-pyrrole nitrogens is 1. The number of para-hydroxylation sites is 1. The van der Waals surface area contributed by atoms with Crippen molar-refractivity contribution in [1.82, 2.24) is 15.0 Å². The van der Waals surface area contributed by atoms with Crippen molar-refractivity contribution >= 4 is 34.4 Å². The first-order chi connectivity index (χ1) is 16.5. The molecule has 0 spiro atoms. The number of imidazole rings is 1. The number of amides is 2. The van der Waals surface area contributed by atoms with E-state index in [0.29, 0.717) is 28.3 Å². The molecule has 5 aromatic rings. The smallest absolute Gasteiger partial charge is 0.256 e. The first-order valence-corrected chi connectivity index (χ1v) is 10.8. The minimum absolute atomic E-state index is 0.198. The van der Waals surface area contributed by atoms with E-state index in [0.717, 1.165) is 22.3 Å². The lowest BCUT2D eigenvalue weighted by Crippen LogP contribution is -2.12. The topological polar surface area (TPSA) is 99.8 Å². The summed E-state index contributed by atoms with van der Waals surface area (Å²) in [6, 6.07) is 25.5. The molecule has 0 atom stereocenters. The zero-order valence-corrected chi connectivity index (χ0v) is 18.4. The molecule has 0 aliphatic carbocycles. The molecular formula is C27H21N5O2. The fraction of sp³-hybridized carbons (Fsp3) is 0.0370. The van der Waals surface area contributed by atoms with Gasteiger partial charge in [-0.15, -0.1) is 0 Å². The van der Waals surface area contributed by atoms with Gasteiger partial charge >= 0.3 is 0 Å². The van der Waals surface area contributed by atoms with Gasteiger partial charge in [0, 0.05) is 28.6 Å². The van der Waals surface area contributed by atoms with E-state index in [2.05, 4.69) is 25.6 Å². The van der Waals surface area contributed by atoms with Gasteiger partial charge in [0.05, 0.1) is 11.0 Å². The molecule has 0 radical (unpaired) electrons. The average Bonchev–Trinajstić information content (AvgIpc) is 3.30. The number of nitrogens with one attached hydrogen (secondary N) is 3. The molecule has 0 fully saturated rings. The fourth-order valence-corrected chi connectivity index (χ4v) is 3.52. The molecule has 0 aliphatic rings. The molecule has 7 heteroatoms. The summed E-state index contributed by atoms with van der Waals surface area (Å²) in [4.78, 5) is 37.2. The second-order valence-corrected chi connectivity index (χ2v) is 7.89. The van der Waals surface area contributed by atoms with Gasteiger partial charge in [-0.3, -0.25) is 9.59 Å². The van der Waals surface area contributed by atoms with Crippen molar-refractivity contribution in [2.75, 3.05) is 10.6 Å². The molecule has 166 valence electrons. The van der Waals surface area contributed by atoms with Crippen LogP contribution in [-0.2, 0) is 0 Å². The van der Waals surface area contributed by atoms with Crippen LogP contribution in [0.15, 0.2) is 91.1 Å². The monoisotopic (exact) mass is 447 g/mol. The molecule has 7 nitrogen and oxygen atoms in total. The van der Waals surface area contributed by atoms with Gasteiger partial charge in [0.25, 0.3) is 11.8 Å². The highest BCUT2D eigenvalue weighted by molar-refractivity contribution is 6.06. The molecular weight excluding hydrogens is 426 g/mol. The van der Waals surface area contributed by atoms with Crippen LogP contribution in [0.5, 0.6) is 0 Å². The largest absolute Gasteiger partial charge is 0.338 e. The minimum Gasteiger partial charge on any atom is -0.338 e. The number of carbonyl (C=O) groups is 2. The number of benzene rings is 3. The Morgan fingerprint density at radius 3 is 2.26 bits per heavy atom. The van der Waals surface area contributed by atoms with E-state index in [1.165, 1.54) is 0 Å². The third-order valence-electron chi connectivity index (χ3n) is 5.35. The van der Waals surface area contributed by atoms with Crippen molar-refractivity contribution in [3.63, 3.8) is 0 Å². The SMILES string of the molecule is Cc1ccc(NC(=O)c2ccc(-c3nc4cc(C(=O)Nc5ccccc5)ccc4[nH]3)cc2)nc1. The molecule has 2 heterocycles. The van der Waals surface area contributed by atoms with Crippen LogP contribution in [0.3, 0.4) is 0 Å². The zero-order chi connectivity index (χ0) is 23.5. The molecule has 5 rings (SSSR count). The van der Waals surface area contributed by atoms with E-state index >= 15 is 0 Å². The molecule has 2 amide bonds. The molecule has 0 saturated heterocycles. The lowest BCUT2D eigenvalue weighted by molar-refractivity contribution is 0.101. The van der Waals surface area contributed by atoms with Crippen LogP contribution in [0.25, 0.3) is 22.4 Å². The average molecular weight is 447 g/mol. The number of nitrogens with zero attached hydrogens (tertiary/aromatic N) is 2. The van der Waals surface area contributed by atoms with Crippen LogP contribution in [0.2, 0.25) is 0 Å². The quantitative estimate of drug-likeness (QED) is 0.334. The summed E-state index contributed by atoms with van der Waals surface area (Å²) in [6.07, 6.45) is 1.71. The minimum atomic E-state index is -0.235. The van der Waals surface area contributed by atoms with E-state index in [4.69, 9.17) is 0 Å². The number of hydrogen-bond acceptors (Lipinski definition) is 4. The van der Waals surface area contributed by atoms with Gasteiger partial charge in [0.1, 0.15) is 11.6 Å². The van der Waals surface area contributed by atoms with Crippen LogP contribution in [0.1, 0.15) is 26.3 Å². The third-order valence-corrected chi connectivity index (χ3v) is 5.35. The normalized spacial score (nSPS) is 10.7. The summed E-state index contributed by atoms with van der Waals surface area (Å²) in [5, 5.41) is 5.67. The molecule has 2 aromatic heterocycles. The Morgan fingerprint density at radius 2 is 1.53 bits per heavy atom. The predicted octanol–water partition coefficient (Wildman–Crippen LogP) is 5.44. The van der Waals surface area contributed by atoms with Crippen molar-refractivity contribution in [2.45, 2.75) is 6.92 Å². The van der Waals surface area contributed by atoms with Crippen LogP contribution in [0, 0.1) is 6.92 Å². The third kappa shape index (κ3) is 4.54. The Morgan fingerprint density at radius 1 is 0.794 bits per heavy atom. The van der Waals surface area contributed by atoms with E-state index in [9.17, 15) is 9.59 Å². The maximum Gasteiger partial charge on any atom is 0.256 e. The number of aromatic amines is 1. The Labute approximate surface area is 195 Å². The number of anilines is 2. The predicted molar refractivity (Wildman–Crippen MR) is 133 cm³/mol. The number of aryl methyl sites for hydroxylation is 1. The Bertz CT molecular complexity index is 1470. The number of hydrogen-bond donors (Lipinski definition) is 3. The van der Waals surface area contributed by atoms with Crippen molar-refractivity contribution < 1.29 is 9.59 Å². The molecule has 0 aliphatic heterocycles. The van der Waals surface area contributed by atoms with Gasteiger partial charge in [-0.25, -0.2) is 9.97 Å². The van der Waals surface area contributed by atoms with E-state index in [-0.39, 0.29) is 11.8 Å². The van der Waals surface area contributed by atoms with Gasteiger partial charge < -0.3 is 15.6 Å². The highest BCUT2D eigenvalue weighted by atomic mass is 16.2. The molecule has 0 saturated carbocycles. The Kier molecular flexibility index (Phi) is 5.58. The molecule has 0 bridgehead atoms. The zero-order valence-electron chi connectivity index (χ0n) is 18.4. The van der Waals surface area contributed by atoms with Gasteiger partial charge in [-0.1, -0.05) is 36.4 Å². The lowest BCUT2D eigenvalue weighted by atomic mass is 10.1. The lowest BCUT2D eigenvalue weighted by Gasteiger charge is -2.05. The van der Waals surface area contributed by atoms with Crippen molar-refractivity contribution in [3.05, 3.63) is 108 Å². The number of carbonyl (C=O) groups excluding carboxylic acids is 2. The van der Waals surface area contributed by atoms with Crippen molar-refractivity contribution in [2.24, 2.45) is 0 Å². The first kappa shape index (κ1) is 21.1. The van der Waals surface area contributed by atoms with Crippen LogP contribution < -0.4 is 10.6 Å². The summed E-state index contributed by atoms with van der Waals surface area (Å²) < 4.78 is 0. The van der Waals surface area contributed by atoms with Gasteiger partial charge in [-0.2, -0.15) is 0 Å². The maximum absolute atomic E-state index is 12.6. The number of fused-ring (bicyclic) bond motifs is 1. The van der Waals surface area contributed by atoms with E-state index in [1.807, 2.05) is 61.5 Å². The van der Waals surface area contributed by atoms with Gasteiger partial charge in [0.2, 0.25) is 0 Å². The molecule has 3 N–H and O–H groups in total. The second kappa shape index (κ2) is 8.99. The van der Waals surface area contributed by atoms with Crippen LogP contribution >= 0.6 is 0 Å². The standard InChI is InChI=1S/C27H21N5O2/c1-17-7-14-24(28-16-17)32-26(33)19-10-8-18(9-11-19)25-30-22-13-12-20(15-23(22)31-25)27(34)29-21-5-3-2-4-6-21/h2-16H,1H3,(H,29,34)(H,30,31)(H,28,32,33). The summed E-state index contributed by atoms with van der Waals surface area (Å²) >= 11 is 0. The Balaban J connectivity index is 1.32. The molecule has 3 aromatic carbocycles. The second-order valence-electron chi connectivity index (χ2n) is 7.89. The van der Waals surface area contributed by atoms with Gasteiger partial charge in [-0.05, 0) is 61.0 Å². The van der Waals surface area contributed by atoms with E-state index < -0.39 is 0 Å². The number of aromatic nitrogens is 3. The number of pyridine rings is 1. The molecule has 34 heavy (non-hydrogen) atoms. The van der Waals surface area contributed by atoms with Crippen LogP contribution in [0.4, 0.5) is 11.5 Å². The highest BCUT2D eigenvalue weighted by Crippen LogP contribution is 2.22. The fourth-order valence-electron chi connectivity index (χ4n) is 3.52. The molecule has 0 unspecified atom stereocenters. The summed E-state index contributed by atoms with van der Waals surface area (Å²) in [7, 11) is 0. The summed E-state index contributed by atoms with van der Waals surface area (Å²) in [5.41, 5.74) is 5.13. The summed E-state index contributed by atoms with van der Waals surface area (Å²) in [6.45, 7) is 1.94. The van der Waals surface area contributed by atoms with Crippen molar-refractivity contribution in [1.29, 1.82) is 0 Å². The maximum atomic E-state index is 12.6. The van der Waals surface area contributed by atoms with Crippen molar-refractivity contribution in [3.8, 4) is 11.4 Å². The number of rotatable bonds is 5. The Hall–Kier alpha value is -4.78. The van der Waals surface area contributed by atoms with Gasteiger partial charge in [0.15, 0.2) is 0 Å².